The van der Waals surface area contributed by atoms with E-state index in [2.05, 4.69) is 21.9 Å². The predicted octanol–water partition coefficient (Wildman–Crippen LogP) is 4.28. The molecule has 172 valence electrons. The van der Waals surface area contributed by atoms with Crippen LogP contribution in [0.4, 0.5) is 5.69 Å². The maximum absolute atomic E-state index is 12.1. The van der Waals surface area contributed by atoms with Crippen molar-refractivity contribution >= 4 is 35.3 Å². The second-order valence-corrected chi connectivity index (χ2v) is 7.47. The van der Waals surface area contributed by atoms with E-state index in [9.17, 15) is 9.59 Å². The second-order valence-electron chi connectivity index (χ2n) is 7.03. The van der Waals surface area contributed by atoms with Crippen LogP contribution in [0.25, 0.3) is 0 Å². The molecule has 0 aliphatic heterocycles. The third-order valence-electron chi connectivity index (χ3n) is 4.52. The molecule has 0 saturated carbocycles. The van der Waals surface area contributed by atoms with Crippen molar-refractivity contribution in [3.63, 3.8) is 0 Å². The molecule has 9 heteroatoms. The van der Waals surface area contributed by atoms with Crippen LogP contribution in [0.1, 0.15) is 23.1 Å². The summed E-state index contributed by atoms with van der Waals surface area (Å²) < 4.78 is 10.9. The van der Waals surface area contributed by atoms with Crippen LogP contribution in [0.15, 0.2) is 71.8 Å². The molecule has 0 atom stereocenters. The number of halogens is 1. The molecule has 3 aromatic carbocycles. The zero-order valence-electron chi connectivity index (χ0n) is 18.2. The van der Waals surface area contributed by atoms with E-state index in [1.807, 2.05) is 0 Å². The van der Waals surface area contributed by atoms with E-state index in [0.29, 0.717) is 33.3 Å². The maximum atomic E-state index is 12.1. The number of rotatable bonds is 9. The number of ether oxygens (including phenoxy) is 2. The molecular formula is C25H21ClN4O4. The molecule has 2 amide bonds. The van der Waals surface area contributed by atoms with E-state index in [1.54, 1.807) is 66.7 Å². The Hall–Kier alpha value is -4.35. The fourth-order valence-electron chi connectivity index (χ4n) is 2.85. The number of nitrogens with zero attached hydrogens (tertiary/aromatic N) is 2. The number of hydrogen-bond donors (Lipinski definition) is 2. The summed E-state index contributed by atoms with van der Waals surface area (Å²) >= 11 is 6.08. The van der Waals surface area contributed by atoms with Crippen molar-refractivity contribution in [1.82, 2.24) is 5.43 Å². The van der Waals surface area contributed by atoms with Crippen molar-refractivity contribution in [2.75, 3.05) is 12.4 Å². The fourth-order valence-corrected chi connectivity index (χ4v) is 3.03. The van der Waals surface area contributed by atoms with Crippen LogP contribution in [-0.2, 0) is 16.2 Å². The molecular weight excluding hydrogens is 456 g/mol. The molecule has 0 unspecified atom stereocenters. The summed E-state index contributed by atoms with van der Waals surface area (Å²) in [5.74, 6) is 0.0157. The molecule has 0 aliphatic rings. The summed E-state index contributed by atoms with van der Waals surface area (Å²) in [5.41, 5.74) is 4.83. The Labute approximate surface area is 201 Å². The molecule has 2 N–H and O–H groups in total. The number of methoxy groups -OCH3 is 1. The number of hydrogen-bond acceptors (Lipinski definition) is 6. The summed E-state index contributed by atoms with van der Waals surface area (Å²) in [5, 5.41) is 15.9. The van der Waals surface area contributed by atoms with Crippen LogP contribution in [0.5, 0.6) is 11.5 Å². The van der Waals surface area contributed by atoms with Crippen molar-refractivity contribution in [2.24, 2.45) is 5.10 Å². The topological polar surface area (TPSA) is 113 Å². The first-order chi connectivity index (χ1) is 16.5. The number of nitriles is 1. The largest absolute Gasteiger partial charge is 0.497 e. The fraction of sp³-hybridized carbons (Fsp3) is 0.120. The maximum Gasteiger partial charge on any atom is 0.249 e. The van der Waals surface area contributed by atoms with Gasteiger partial charge >= 0.3 is 0 Å². The van der Waals surface area contributed by atoms with Gasteiger partial charge in [-0.1, -0.05) is 29.8 Å². The van der Waals surface area contributed by atoms with Crippen molar-refractivity contribution in [3.05, 3.63) is 88.4 Å². The Morgan fingerprint density at radius 2 is 1.88 bits per heavy atom. The Balaban J connectivity index is 1.55. The second kappa shape index (κ2) is 12.0. The smallest absolute Gasteiger partial charge is 0.249 e. The van der Waals surface area contributed by atoms with Gasteiger partial charge in [0.25, 0.3) is 0 Å². The lowest BCUT2D eigenvalue weighted by Crippen LogP contribution is -2.24. The van der Waals surface area contributed by atoms with Gasteiger partial charge in [0.2, 0.25) is 11.8 Å². The lowest BCUT2D eigenvalue weighted by molar-refractivity contribution is -0.126. The molecule has 0 aromatic heterocycles. The highest BCUT2D eigenvalue weighted by molar-refractivity contribution is 6.30. The SMILES string of the molecule is COc1cccc(NC(=O)CC(=O)NN=Cc2cc(Cl)ccc2OCc2ccc(C#N)cc2)c1. The number of amides is 2. The summed E-state index contributed by atoms with van der Waals surface area (Å²) in [6.07, 6.45) is 0.976. The molecule has 0 fully saturated rings. The standard InChI is InChI=1S/C25H21ClN4O4/c1-33-22-4-2-3-21(12-22)29-24(31)13-25(32)30-28-15-19-11-20(26)9-10-23(19)34-16-18-7-5-17(14-27)6-8-18/h2-12,15H,13,16H2,1H3,(H,29,31)(H,30,32). The van der Waals surface area contributed by atoms with Gasteiger partial charge in [0, 0.05) is 22.3 Å². The summed E-state index contributed by atoms with van der Waals surface area (Å²) in [4.78, 5) is 24.2. The van der Waals surface area contributed by atoms with Crippen LogP contribution < -0.4 is 20.2 Å². The van der Waals surface area contributed by atoms with E-state index < -0.39 is 18.2 Å². The third-order valence-corrected chi connectivity index (χ3v) is 4.75. The van der Waals surface area contributed by atoms with Gasteiger partial charge in [-0.3, -0.25) is 9.59 Å². The molecule has 0 spiro atoms. The van der Waals surface area contributed by atoms with E-state index in [1.165, 1.54) is 13.3 Å². The van der Waals surface area contributed by atoms with Gasteiger partial charge in [-0.25, -0.2) is 5.43 Å². The first-order valence-electron chi connectivity index (χ1n) is 10.1. The van der Waals surface area contributed by atoms with Gasteiger partial charge in [-0.2, -0.15) is 10.4 Å². The van der Waals surface area contributed by atoms with E-state index >= 15 is 0 Å². The lowest BCUT2D eigenvalue weighted by atomic mass is 10.1. The minimum atomic E-state index is -0.585. The molecule has 0 bridgehead atoms. The average molecular weight is 477 g/mol. The minimum Gasteiger partial charge on any atom is -0.497 e. The molecule has 0 saturated heterocycles. The number of nitrogens with one attached hydrogen (secondary N) is 2. The van der Waals surface area contributed by atoms with Gasteiger partial charge in [-0.15, -0.1) is 0 Å². The first kappa shape index (κ1) is 24.3. The Kier molecular flexibility index (Phi) is 8.60. The lowest BCUT2D eigenvalue weighted by Gasteiger charge is -2.10. The van der Waals surface area contributed by atoms with Crippen molar-refractivity contribution < 1.29 is 19.1 Å². The highest BCUT2D eigenvalue weighted by Crippen LogP contribution is 2.22. The molecule has 0 heterocycles. The van der Waals surface area contributed by atoms with Gasteiger partial charge in [0.15, 0.2) is 0 Å². The quantitative estimate of drug-likeness (QED) is 0.272. The van der Waals surface area contributed by atoms with Gasteiger partial charge in [0.05, 0.1) is 25.0 Å². The van der Waals surface area contributed by atoms with Crippen molar-refractivity contribution in [2.45, 2.75) is 13.0 Å². The third kappa shape index (κ3) is 7.36. The van der Waals surface area contributed by atoms with Crippen LogP contribution in [0, 0.1) is 11.3 Å². The zero-order valence-corrected chi connectivity index (χ0v) is 19.0. The molecule has 34 heavy (non-hydrogen) atoms. The number of carbonyl (C=O) groups excluding carboxylic acids is 2. The number of anilines is 1. The Morgan fingerprint density at radius 1 is 1.09 bits per heavy atom. The van der Waals surface area contributed by atoms with Crippen LogP contribution in [-0.4, -0.2) is 25.1 Å². The van der Waals surface area contributed by atoms with E-state index in [0.717, 1.165) is 5.56 Å². The summed E-state index contributed by atoms with van der Waals surface area (Å²) in [7, 11) is 1.52. The minimum absolute atomic E-state index is 0.269. The summed E-state index contributed by atoms with van der Waals surface area (Å²) in [6.45, 7) is 0.269. The van der Waals surface area contributed by atoms with Crippen molar-refractivity contribution in [1.29, 1.82) is 5.26 Å². The highest BCUT2D eigenvalue weighted by atomic mass is 35.5. The Bertz CT molecular complexity index is 1240. The monoisotopic (exact) mass is 476 g/mol. The van der Waals surface area contributed by atoms with Crippen LogP contribution >= 0.6 is 11.6 Å². The molecule has 8 nitrogen and oxygen atoms in total. The van der Waals surface area contributed by atoms with Crippen LogP contribution in [0.2, 0.25) is 5.02 Å². The number of carbonyl (C=O) groups is 2. The average Bonchev–Trinajstić information content (AvgIpc) is 2.84. The van der Waals surface area contributed by atoms with Gasteiger partial charge in [0.1, 0.15) is 24.5 Å². The molecule has 3 aromatic rings. The van der Waals surface area contributed by atoms with E-state index in [-0.39, 0.29) is 6.61 Å². The molecule has 0 radical (unpaired) electrons. The van der Waals surface area contributed by atoms with Crippen LogP contribution in [0.3, 0.4) is 0 Å². The van der Waals surface area contributed by atoms with Gasteiger partial charge in [-0.05, 0) is 48.0 Å². The first-order valence-corrected chi connectivity index (χ1v) is 10.5. The van der Waals surface area contributed by atoms with E-state index in [4.69, 9.17) is 26.3 Å². The molecule has 0 aliphatic carbocycles. The van der Waals surface area contributed by atoms with Gasteiger partial charge < -0.3 is 14.8 Å². The number of hydrazone groups is 1. The normalized spacial score (nSPS) is 10.4. The Morgan fingerprint density at radius 3 is 2.62 bits per heavy atom. The highest BCUT2D eigenvalue weighted by Gasteiger charge is 2.10. The number of benzene rings is 3. The summed E-state index contributed by atoms with van der Waals surface area (Å²) in [6, 6.07) is 20.9. The molecule has 3 rings (SSSR count). The predicted molar refractivity (Wildman–Crippen MR) is 129 cm³/mol. The van der Waals surface area contributed by atoms with Crippen molar-refractivity contribution in [3.8, 4) is 17.6 Å². The zero-order chi connectivity index (χ0) is 24.3.